The molecule has 1 N–H and O–H groups in total. The van der Waals surface area contributed by atoms with Crippen LogP contribution in [0.2, 0.25) is 0 Å². The van der Waals surface area contributed by atoms with Gasteiger partial charge in [0.05, 0.1) is 0 Å². The van der Waals surface area contributed by atoms with Gasteiger partial charge in [-0.2, -0.15) is 4.52 Å². The van der Waals surface area contributed by atoms with Crippen LogP contribution >= 0.6 is 11.3 Å². The minimum atomic E-state index is 0.293. The lowest BCUT2D eigenvalue weighted by atomic mass is 10.1. The molecule has 1 atom stereocenters. The van der Waals surface area contributed by atoms with E-state index in [9.17, 15) is 0 Å². The first-order chi connectivity index (χ1) is 11.8. The molecule has 3 heterocycles. The predicted octanol–water partition coefficient (Wildman–Crippen LogP) is 3.70. The van der Waals surface area contributed by atoms with Gasteiger partial charge in [0.1, 0.15) is 0 Å². The lowest BCUT2D eigenvalue weighted by molar-refractivity contribution is 0.583. The molecule has 0 saturated carbocycles. The molecular formula is C18H17N5S. The van der Waals surface area contributed by atoms with Gasteiger partial charge in [0, 0.05) is 34.8 Å². The van der Waals surface area contributed by atoms with Gasteiger partial charge in [-0.3, -0.25) is 0 Å². The average Bonchev–Trinajstić information content (AvgIpc) is 3.31. The van der Waals surface area contributed by atoms with Crippen LogP contribution in [-0.4, -0.2) is 20.0 Å². The Kier molecular flexibility index (Phi) is 4.06. The number of nitrogens with zero attached hydrogens (tertiary/aromatic N) is 4. The molecule has 0 saturated heterocycles. The third kappa shape index (κ3) is 2.93. The monoisotopic (exact) mass is 335 g/mol. The van der Waals surface area contributed by atoms with Gasteiger partial charge in [0.2, 0.25) is 0 Å². The zero-order chi connectivity index (χ0) is 16.4. The zero-order valence-corrected chi connectivity index (χ0v) is 14.1. The van der Waals surface area contributed by atoms with E-state index in [0.717, 1.165) is 22.3 Å². The quantitative estimate of drug-likeness (QED) is 0.604. The highest BCUT2D eigenvalue weighted by atomic mass is 32.1. The molecule has 24 heavy (non-hydrogen) atoms. The Hall–Kier alpha value is -2.57. The molecule has 0 aliphatic carbocycles. The summed E-state index contributed by atoms with van der Waals surface area (Å²) in [5.74, 6) is 0. The summed E-state index contributed by atoms with van der Waals surface area (Å²) in [6.07, 6.45) is 1.97. The van der Waals surface area contributed by atoms with Crippen molar-refractivity contribution in [1.82, 2.24) is 25.4 Å². The normalized spacial score (nSPS) is 12.5. The van der Waals surface area contributed by atoms with Crippen molar-refractivity contribution in [2.24, 2.45) is 0 Å². The Morgan fingerprint density at radius 1 is 1.12 bits per heavy atom. The summed E-state index contributed by atoms with van der Waals surface area (Å²) in [6.45, 7) is 2.88. The largest absolute Gasteiger partial charge is 0.305 e. The summed E-state index contributed by atoms with van der Waals surface area (Å²) in [5, 5.41) is 17.7. The molecular weight excluding hydrogens is 318 g/mol. The molecule has 0 radical (unpaired) electrons. The van der Waals surface area contributed by atoms with Crippen LogP contribution in [0.4, 0.5) is 0 Å². The van der Waals surface area contributed by atoms with E-state index < -0.39 is 0 Å². The number of aromatic nitrogens is 4. The summed E-state index contributed by atoms with van der Waals surface area (Å²) in [6, 6.07) is 17.0. The molecule has 4 aromatic rings. The van der Waals surface area contributed by atoms with Gasteiger partial charge in [-0.05, 0) is 40.4 Å². The summed E-state index contributed by atoms with van der Waals surface area (Å²) < 4.78 is 1.75. The van der Waals surface area contributed by atoms with Gasteiger partial charge in [-0.1, -0.05) is 36.4 Å². The van der Waals surface area contributed by atoms with E-state index in [0.29, 0.717) is 12.6 Å². The van der Waals surface area contributed by atoms with Gasteiger partial charge in [-0.15, -0.1) is 16.4 Å². The van der Waals surface area contributed by atoms with Crippen molar-refractivity contribution in [3.63, 3.8) is 0 Å². The van der Waals surface area contributed by atoms with Gasteiger partial charge < -0.3 is 5.32 Å². The standard InChI is InChI=1S/C18H17N5S/c1-13(17-8-5-9-24-17)19-11-15-10-16(14-6-3-2-4-7-14)12-23-18(15)20-21-22-23/h2-10,12-13,19H,11H2,1H3/t13-/m0/s1. The predicted molar refractivity (Wildman–Crippen MR) is 95.8 cm³/mol. The number of hydrogen-bond acceptors (Lipinski definition) is 5. The third-order valence-corrected chi connectivity index (χ3v) is 5.10. The van der Waals surface area contributed by atoms with Crippen LogP contribution in [0.3, 0.4) is 0 Å². The number of nitrogens with one attached hydrogen (secondary N) is 1. The molecule has 1 aromatic carbocycles. The number of tetrazole rings is 1. The van der Waals surface area contributed by atoms with Crippen molar-refractivity contribution in [2.75, 3.05) is 0 Å². The Morgan fingerprint density at radius 2 is 2.00 bits per heavy atom. The lowest BCUT2D eigenvalue weighted by Gasteiger charge is -2.13. The highest BCUT2D eigenvalue weighted by Gasteiger charge is 2.11. The molecule has 0 unspecified atom stereocenters. The maximum Gasteiger partial charge on any atom is 0.183 e. The van der Waals surface area contributed by atoms with Gasteiger partial charge in [0.15, 0.2) is 5.65 Å². The first-order valence-corrected chi connectivity index (χ1v) is 8.72. The minimum Gasteiger partial charge on any atom is -0.305 e. The Morgan fingerprint density at radius 3 is 2.79 bits per heavy atom. The van der Waals surface area contributed by atoms with Crippen LogP contribution in [0.15, 0.2) is 60.1 Å². The summed E-state index contributed by atoms with van der Waals surface area (Å²) in [7, 11) is 0. The highest BCUT2D eigenvalue weighted by molar-refractivity contribution is 7.10. The molecule has 5 nitrogen and oxygen atoms in total. The molecule has 0 spiro atoms. The summed E-state index contributed by atoms with van der Waals surface area (Å²) >= 11 is 1.76. The van der Waals surface area contributed by atoms with E-state index in [4.69, 9.17) is 0 Å². The number of rotatable bonds is 5. The Labute approximate surface area is 144 Å². The second-order valence-corrected chi connectivity index (χ2v) is 6.66. The highest BCUT2D eigenvalue weighted by Crippen LogP contribution is 2.23. The number of fused-ring (bicyclic) bond motifs is 1. The number of pyridine rings is 1. The fraction of sp³-hybridized carbons (Fsp3) is 0.167. The van der Waals surface area contributed by atoms with Crippen LogP contribution in [0.5, 0.6) is 0 Å². The van der Waals surface area contributed by atoms with Crippen molar-refractivity contribution in [3.8, 4) is 11.1 Å². The first-order valence-electron chi connectivity index (χ1n) is 7.84. The molecule has 0 bridgehead atoms. The smallest absolute Gasteiger partial charge is 0.183 e. The van der Waals surface area contributed by atoms with Gasteiger partial charge in [0.25, 0.3) is 0 Å². The van der Waals surface area contributed by atoms with E-state index in [1.807, 2.05) is 24.4 Å². The van der Waals surface area contributed by atoms with E-state index in [1.54, 1.807) is 15.9 Å². The maximum absolute atomic E-state index is 4.16. The fourth-order valence-corrected chi connectivity index (χ4v) is 3.49. The van der Waals surface area contributed by atoms with Crippen molar-refractivity contribution < 1.29 is 0 Å². The SMILES string of the molecule is C[C@H](NCc1cc(-c2ccccc2)cn2nnnc12)c1cccs1. The number of benzene rings is 1. The van der Waals surface area contributed by atoms with Crippen molar-refractivity contribution >= 4 is 17.0 Å². The van der Waals surface area contributed by atoms with Crippen LogP contribution < -0.4 is 5.32 Å². The molecule has 0 aliphatic rings. The number of hydrogen-bond donors (Lipinski definition) is 1. The van der Waals surface area contributed by atoms with E-state index in [-0.39, 0.29) is 0 Å². The minimum absolute atomic E-state index is 0.293. The fourth-order valence-electron chi connectivity index (χ4n) is 2.73. The van der Waals surface area contributed by atoms with Gasteiger partial charge >= 0.3 is 0 Å². The molecule has 0 amide bonds. The zero-order valence-electron chi connectivity index (χ0n) is 13.3. The van der Waals surface area contributed by atoms with E-state index in [2.05, 4.69) is 63.5 Å². The second-order valence-electron chi connectivity index (χ2n) is 5.69. The molecule has 4 rings (SSSR count). The Bertz CT molecular complexity index is 931. The first kappa shape index (κ1) is 15.0. The van der Waals surface area contributed by atoms with Crippen LogP contribution in [-0.2, 0) is 6.54 Å². The molecule has 3 aromatic heterocycles. The van der Waals surface area contributed by atoms with E-state index >= 15 is 0 Å². The van der Waals surface area contributed by atoms with E-state index in [1.165, 1.54) is 4.88 Å². The molecule has 0 fully saturated rings. The van der Waals surface area contributed by atoms with Crippen molar-refractivity contribution in [2.45, 2.75) is 19.5 Å². The van der Waals surface area contributed by atoms with Crippen LogP contribution in [0, 0.1) is 0 Å². The summed E-state index contributed by atoms with van der Waals surface area (Å²) in [4.78, 5) is 1.32. The van der Waals surface area contributed by atoms with Gasteiger partial charge in [-0.25, -0.2) is 0 Å². The molecule has 120 valence electrons. The Balaban J connectivity index is 1.65. The van der Waals surface area contributed by atoms with Crippen molar-refractivity contribution in [3.05, 3.63) is 70.5 Å². The second kappa shape index (κ2) is 6.51. The maximum atomic E-state index is 4.16. The average molecular weight is 335 g/mol. The molecule has 6 heteroatoms. The third-order valence-electron chi connectivity index (χ3n) is 4.05. The van der Waals surface area contributed by atoms with Crippen LogP contribution in [0.1, 0.15) is 23.4 Å². The summed E-state index contributed by atoms with van der Waals surface area (Å²) in [5.41, 5.74) is 4.14. The lowest BCUT2D eigenvalue weighted by Crippen LogP contribution is -2.18. The van der Waals surface area contributed by atoms with Crippen LogP contribution in [0.25, 0.3) is 16.8 Å². The molecule has 0 aliphatic heterocycles. The topological polar surface area (TPSA) is 55.1 Å². The van der Waals surface area contributed by atoms with Crippen molar-refractivity contribution in [1.29, 1.82) is 0 Å². The number of thiophene rings is 1.